The Hall–Kier alpha value is -2.71. The van der Waals surface area contributed by atoms with Crippen molar-refractivity contribution in [2.45, 2.75) is 42.1 Å². The quantitative estimate of drug-likeness (QED) is 0.270. The second-order valence-corrected chi connectivity index (χ2v) is 8.56. The minimum Gasteiger partial charge on any atom is -0.467 e. The maximum atomic E-state index is 12.7. The maximum Gasteiger partial charge on any atom is 0.330 e. The lowest BCUT2D eigenvalue weighted by Crippen LogP contribution is -2.71. The van der Waals surface area contributed by atoms with E-state index in [2.05, 4.69) is 15.3 Å². The summed E-state index contributed by atoms with van der Waals surface area (Å²) in [5.74, 6) is -1.39. The molecular weight excluding hydrogens is 370 g/mol. The molecule has 0 saturated carbocycles. The Morgan fingerprint density at radius 2 is 2.04 bits per heavy atom. The second-order valence-electron chi connectivity index (χ2n) is 6.79. The first-order chi connectivity index (χ1) is 12.8. The molecule has 0 aromatic heterocycles. The average Bonchev–Trinajstić information content (AvgIpc) is 2.92. The molecule has 4 atom stereocenters. The van der Waals surface area contributed by atoms with Crippen molar-refractivity contribution in [3.05, 3.63) is 46.3 Å². The summed E-state index contributed by atoms with van der Waals surface area (Å²) in [7, 11) is 1.28. The molecule has 3 rings (SSSR count). The van der Waals surface area contributed by atoms with Gasteiger partial charge in [-0.2, -0.15) is 0 Å². The van der Waals surface area contributed by atoms with Gasteiger partial charge in [0.1, 0.15) is 23.5 Å². The largest absolute Gasteiger partial charge is 0.467 e. The van der Waals surface area contributed by atoms with Gasteiger partial charge in [0.05, 0.1) is 7.11 Å². The van der Waals surface area contributed by atoms with Gasteiger partial charge in [-0.25, -0.2) is 4.79 Å². The molecule has 1 unspecified atom stereocenters. The topological polar surface area (TPSA) is 124 Å². The molecular formula is C17H19N5O4S. The number of ether oxygens (including phenoxy) is 1. The molecule has 2 fully saturated rings. The molecule has 2 aliphatic heterocycles. The van der Waals surface area contributed by atoms with Gasteiger partial charge < -0.3 is 15.0 Å². The van der Waals surface area contributed by atoms with Crippen molar-refractivity contribution < 1.29 is 19.1 Å². The van der Waals surface area contributed by atoms with Gasteiger partial charge in [-0.3, -0.25) is 9.59 Å². The third-order valence-corrected chi connectivity index (χ3v) is 6.27. The van der Waals surface area contributed by atoms with Crippen molar-refractivity contribution in [3.63, 3.8) is 0 Å². The van der Waals surface area contributed by atoms with Crippen molar-refractivity contribution in [2.75, 3.05) is 7.11 Å². The lowest BCUT2D eigenvalue weighted by atomic mass is 9.95. The van der Waals surface area contributed by atoms with Gasteiger partial charge in [-0.05, 0) is 24.9 Å². The van der Waals surface area contributed by atoms with Crippen LogP contribution in [0.1, 0.15) is 25.5 Å². The number of hydrogen-bond donors (Lipinski definition) is 1. The van der Waals surface area contributed by atoms with Gasteiger partial charge in [-0.15, -0.1) is 11.8 Å². The molecule has 142 valence electrons. The number of methoxy groups -OCH3 is 1. The van der Waals surface area contributed by atoms with Gasteiger partial charge in [0.2, 0.25) is 11.8 Å². The van der Waals surface area contributed by atoms with Crippen LogP contribution in [-0.4, -0.2) is 52.0 Å². The summed E-state index contributed by atoms with van der Waals surface area (Å²) in [6, 6.07) is 6.03. The molecule has 0 radical (unpaired) electrons. The van der Waals surface area contributed by atoms with Crippen LogP contribution in [0.5, 0.6) is 0 Å². The number of esters is 1. The highest BCUT2D eigenvalue weighted by molar-refractivity contribution is 8.01. The summed E-state index contributed by atoms with van der Waals surface area (Å²) in [5.41, 5.74) is 9.32. The Morgan fingerprint density at radius 3 is 2.63 bits per heavy atom. The van der Waals surface area contributed by atoms with Crippen LogP contribution in [0.3, 0.4) is 0 Å². The minimum absolute atomic E-state index is 0.352. The summed E-state index contributed by atoms with van der Waals surface area (Å²) < 4.78 is 4.28. The third-order valence-electron chi connectivity index (χ3n) is 4.69. The van der Waals surface area contributed by atoms with Crippen LogP contribution >= 0.6 is 11.8 Å². The first kappa shape index (κ1) is 19.1. The van der Waals surface area contributed by atoms with Crippen molar-refractivity contribution in [2.24, 2.45) is 5.11 Å². The van der Waals surface area contributed by atoms with Crippen LogP contribution in [0.25, 0.3) is 10.4 Å². The predicted octanol–water partition coefficient (Wildman–Crippen LogP) is 1.76. The fourth-order valence-corrected chi connectivity index (χ4v) is 5.05. The molecule has 2 amide bonds. The Kier molecular flexibility index (Phi) is 5.03. The minimum atomic E-state index is -1.08. The zero-order chi connectivity index (χ0) is 19.8. The molecule has 2 heterocycles. The molecule has 10 heteroatoms. The fraction of sp³-hybridized carbons (Fsp3) is 0.471. The van der Waals surface area contributed by atoms with E-state index in [1.165, 1.54) is 23.8 Å². The van der Waals surface area contributed by atoms with E-state index in [-0.39, 0.29) is 11.3 Å². The summed E-state index contributed by atoms with van der Waals surface area (Å²) in [6.45, 7) is 3.72. The molecule has 9 nitrogen and oxygen atoms in total. The Labute approximate surface area is 160 Å². The highest BCUT2D eigenvalue weighted by atomic mass is 32.2. The van der Waals surface area contributed by atoms with E-state index >= 15 is 0 Å². The van der Waals surface area contributed by atoms with E-state index in [4.69, 9.17) is 10.3 Å². The first-order valence-corrected chi connectivity index (χ1v) is 9.17. The fourth-order valence-electron chi connectivity index (χ4n) is 3.43. The maximum absolute atomic E-state index is 12.7. The number of benzene rings is 1. The molecule has 1 aromatic rings. The number of nitrogens with one attached hydrogen (secondary N) is 1. The predicted molar refractivity (Wildman–Crippen MR) is 98.4 cm³/mol. The van der Waals surface area contributed by atoms with Crippen LogP contribution < -0.4 is 5.32 Å². The number of azide groups is 1. The van der Waals surface area contributed by atoms with Crippen LogP contribution in [0.2, 0.25) is 0 Å². The SMILES string of the molecule is COC(=O)[C@@H]1N2C(=O)[C@H](NC(=O)C(N=[N+]=[N-])c3ccccc3)[C@H]2SC1(C)C. The number of hydrogen-bond acceptors (Lipinski definition) is 6. The molecule has 0 aliphatic carbocycles. The highest BCUT2D eigenvalue weighted by Crippen LogP contribution is 2.51. The van der Waals surface area contributed by atoms with E-state index in [0.29, 0.717) is 5.56 Å². The number of carbonyl (C=O) groups is 3. The van der Waals surface area contributed by atoms with Crippen LogP contribution in [0.15, 0.2) is 35.4 Å². The lowest BCUT2D eigenvalue weighted by Gasteiger charge is -2.44. The Bertz CT molecular complexity index is 824. The number of β-lactam (4-membered cyclic amide) rings is 1. The lowest BCUT2D eigenvalue weighted by molar-refractivity contribution is -0.162. The molecule has 1 aromatic carbocycles. The van der Waals surface area contributed by atoms with E-state index in [9.17, 15) is 14.4 Å². The van der Waals surface area contributed by atoms with Crippen LogP contribution in [0, 0.1) is 0 Å². The Balaban J connectivity index is 1.77. The smallest absolute Gasteiger partial charge is 0.330 e. The monoisotopic (exact) mass is 389 g/mol. The number of thioether (sulfide) groups is 1. The molecule has 0 bridgehead atoms. The van der Waals surface area contributed by atoms with E-state index in [1.807, 2.05) is 13.8 Å². The second kappa shape index (κ2) is 7.13. The molecule has 27 heavy (non-hydrogen) atoms. The summed E-state index contributed by atoms with van der Waals surface area (Å²) in [4.78, 5) is 41.6. The number of carbonyl (C=O) groups excluding carboxylic acids is 3. The van der Waals surface area contributed by atoms with Gasteiger partial charge in [0, 0.05) is 9.66 Å². The van der Waals surface area contributed by atoms with Crippen molar-refractivity contribution >= 4 is 29.5 Å². The van der Waals surface area contributed by atoms with Crippen molar-refractivity contribution in [3.8, 4) is 0 Å². The molecule has 0 spiro atoms. The van der Waals surface area contributed by atoms with Gasteiger partial charge >= 0.3 is 5.97 Å². The molecule has 1 N–H and O–H groups in total. The average molecular weight is 389 g/mol. The number of fused-ring (bicyclic) bond motifs is 1. The number of rotatable bonds is 5. The van der Waals surface area contributed by atoms with Gasteiger partial charge in [0.15, 0.2) is 0 Å². The summed E-state index contributed by atoms with van der Waals surface area (Å²) in [5, 5.41) is 5.86. The number of amides is 2. The van der Waals surface area contributed by atoms with Crippen molar-refractivity contribution in [1.82, 2.24) is 10.2 Å². The van der Waals surface area contributed by atoms with Crippen LogP contribution in [-0.2, 0) is 19.1 Å². The van der Waals surface area contributed by atoms with Gasteiger partial charge in [-0.1, -0.05) is 35.4 Å². The van der Waals surface area contributed by atoms with Crippen molar-refractivity contribution in [1.29, 1.82) is 0 Å². The Morgan fingerprint density at radius 1 is 1.37 bits per heavy atom. The number of nitrogens with zero attached hydrogens (tertiary/aromatic N) is 4. The normalized spacial score (nSPS) is 26.3. The zero-order valence-electron chi connectivity index (χ0n) is 15.0. The first-order valence-electron chi connectivity index (χ1n) is 8.29. The zero-order valence-corrected chi connectivity index (χ0v) is 15.8. The van der Waals surface area contributed by atoms with Crippen LogP contribution in [0.4, 0.5) is 0 Å². The molecule has 2 saturated heterocycles. The summed E-state index contributed by atoms with van der Waals surface area (Å²) in [6.07, 6.45) is 0. The van der Waals surface area contributed by atoms with Gasteiger partial charge in [0.25, 0.3) is 0 Å². The van der Waals surface area contributed by atoms with E-state index in [0.717, 1.165) is 0 Å². The highest BCUT2D eigenvalue weighted by Gasteiger charge is 2.64. The van der Waals surface area contributed by atoms with E-state index in [1.54, 1.807) is 30.3 Å². The van der Waals surface area contributed by atoms with E-state index < -0.39 is 34.7 Å². The molecule has 2 aliphatic rings. The standard InChI is InChI=1S/C17H19N5O4S/c1-17(2)12(16(25)26-3)22-14(24)11(15(22)27-17)19-13(23)10(20-21-18)9-7-5-4-6-8-9/h4-8,10-12,15H,1-3H3,(H,19,23)/t10?,11-,12-,15+/m0/s1. The summed E-state index contributed by atoms with van der Waals surface area (Å²) >= 11 is 1.43. The third kappa shape index (κ3) is 3.22.